The summed E-state index contributed by atoms with van der Waals surface area (Å²) in [5, 5.41) is 0. The molecular weight excluding hydrogens is 258 g/mol. The van der Waals surface area contributed by atoms with Gasteiger partial charge >= 0.3 is 5.69 Å². The van der Waals surface area contributed by atoms with Crippen LogP contribution in [0.5, 0.6) is 0 Å². The first kappa shape index (κ1) is 14.5. The van der Waals surface area contributed by atoms with Crippen LogP contribution in [0, 0.1) is 0 Å². The van der Waals surface area contributed by atoms with Gasteiger partial charge in [-0.15, -0.1) is 0 Å². The third-order valence-electron chi connectivity index (χ3n) is 3.19. The molecule has 0 saturated heterocycles. The van der Waals surface area contributed by atoms with Crippen molar-refractivity contribution in [2.75, 3.05) is 6.54 Å². The van der Waals surface area contributed by atoms with Gasteiger partial charge in [0, 0.05) is 19.5 Å². The summed E-state index contributed by atoms with van der Waals surface area (Å²) in [6, 6.07) is 0. The van der Waals surface area contributed by atoms with Crippen molar-refractivity contribution in [1.82, 2.24) is 19.1 Å². The molecule has 0 fully saturated rings. The lowest BCUT2D eigenvalue weighted by molar-refractivity contribution is 0.555. The Balaban J connectivity index is 2.77. The van der Waals surface area contributed by atoms with Gasteiger partial charge in [-0.05, 0) is 19.4 Å². The highest BCUT2D eigenvalue weighted by Gasteiger charge is 2.16. The summed E-state index contributed by atoms with van der Waals surface area (Å²) in [7, 11) is 0. The van der Waals surface area contributed by atoms with E-state index in [2.05, 4.69) is 9.97 Å². The number of aryl methyl sites for hydroxylation is 1. The van der Waals surface area contributed by atoms with E-state index in [0.29, 0.717) is 43.0 Å². The van der Waals surface area contributed by atoms with Crippen molar-refractivity contribution in [3.05, 3.63) is 26.7 Å². The van der Waals surface area contributed by atoms with Crippen LogP contribution >= 0.6 is 0 Å². The Kier molecular flexibility index (Phi) is 4.39. The summed E-state index contributed by atoms with van der Waals surface area (Å²) in [5.41, 5.74) is 5.78. The summed E-state index contributed by atoms with van der Waals surface area (Å²) in [4.78, 5) is 32.1. The van der Waals surface area contributed by atoms with E-state index in [0.717, 1.165) is 12.8 Å². The molecule has 2 aromatic rings. The Morgan fingerprint density at radius 2 is 1.80 bits per heavy atom. The maximum Gasteiger partial charge on any atom is 0.332 e. The summed E-state index contributed by atoms with van der Waals surface area (Å²) in [6.45, 7) is 5.34. The number of rotatable bonds is 6. The van der Waals surface area contributed by atoms with E-state index < -0.39 is 0 Å². The fourth-order valence-electron chi connectivity index (χ4n) is 2.32. The number of nitrogens with zero attached hydrogens (tertiary/aromatic N) is 3. The number of H-pyrrole nitrogens is 1. The van der Waals surface area contributed by atoms with Gasteiger partial charge in [-0.25, -0.2) is 9.78 Å². The molecule has 3 N–H and O–H groups in total. The van der Waals surface area contributed by atoms with Crippen LogP contribution in [-0.4, -0.2) is 25.6 Å². The van der Waals surface area contributed by atoms with E-state index in [-0.39, 0.29) is 11.2 Å². The zero-order valence-corrected chi connectivity index (χ0v) is 12.0. The number of hydrogen-bond donors (Lipinski definition) is 2. The molecule has 7 heteroatoms. The molecule has 0 aromatic carbocycles. The third-order valence-corrected chi connectivity index (χ3v) is 3.19. The molecule has 0 spiro atoms. The molecule has 0 saturated carbocycles. The highest BCUT2D eigenvalue weighted by molar-refractivity contribution is 5.69. The Morgan fingerprint density at radius 1 is 1.15 bits per heavy atom. The molecule has 7 nitrogen and oxygen atoms in total. The molecule has 0 aliphatic heterocycles. The Morgan fingerprint density at radius 3 is 2.40 bits per heavy atom. The van der Waals surface area contributed by atoms with E-state index in [1.54, 1.807) is 4.57 Å². The predicted molar refractivity (Wildman–Crippen MR) is 78.0 cm³/mol. The zero-order valence-electron chi connectivity index (χ0n) is 12.0. The molecule has 0 aliphatic carbocycles. The lowest BCUT2D eigenvalue weighted by atomic mass is 10.4. The minimum atomic E-state index is -0.296. The van der Waals surface area contributed by atoms with Crippen molar-refractivity contribution in [3.63, 3.8) is 0 Å². The van der Waals surface area contributed by atoms with Crippen molar-refractivity contribution in [3.8, 4) is 0 Å². The van der Waals surface area contributed by atoms with Crippen LogP contribution in [0.4, 0.5) is 0 Å². The van der Waals surface area contributed by atoms with E-state index in [9.17, 15) is 9.59 Å². The van der Waals surface area contributed by atoms with Crippen molar-refractivity contribution < 1.29 is 0 Å². The molecule has 0 radical (unpaired) electrons. The van der Waals surface area contributed by atoms with Gasteiger partial charge in [0.05, 0.1) is 0 Å². The minimum absolute atomic E-state index is 0.281. The lowest BCUT2D eigenvalue weighted by Crippen LogP contribution is -2.40. The highest BCUT2D eigenvalue weighted by Crippen LogP contribution is 2.06. The van der Waals surface area contributed by atoms with Crippen LogP contribution < -0.4 is 17.0 Å². The molecular formula is C13H21N5O2. The van der Waals surface area contributed by atoms with Gasteiger partial charge in [0.2, 0.25) is 0 Å². The van der Waals surface area contributed by atoms with Crippen LogP contribution in [0.1, 0.15) is 32.5 Å². The molecule has 2 aromatic heterocycles. The monoisotopic (exact) mass is 279 g/mol. The molecule has 110 valence electrons. The minimum Gasteiger partial charge on any atom is -0.336 e. The molecule has 0 bridgehead atoms. The maximum atomic E-state index is 12.4. The molecule has 2 rings (SSSR count). The Hall–Kier alpha value is -1.89. The number of fused-ring (bicyclic) bond motifs is 1. The van der Waals surface area contributed by atoms with Gasteiger partial charge in [-0.3, -0.25) is 13.9 Å². The highest BCUT2D eigenvalue weighted by atomic mass is 16.2. The van der Waals surface area contributed by atoms with Gasteiger partial charge in [-0.1, -0.05) is 13.8 Å². The quantitative estimate of drug-likeness (QED) is 0.789. The smallest absolute Gasteiger partial charge is 0.332 e. The predicted octanol–water partition coefficient (Wildman–Crippen LogP) is 0.208. The number of nitrogens with two attached hydrogens (primary N) is 1. The molecule has 0 atom stereocenters. The van der Waals surface area contributed by atoms with Crippen LogP contribution in [0.25, 0.3) is 11.2 Å². The second-order valence-corrected chi connectivity index (χ2v) is 4.81. The molecule has 20 heavy (non-hydrogen) atoms. The van der Waals surface area contributed by atoms with Crippen LogP contribution in [0.3, 0.4) is 0 Å². The first-order valence-electron chi connectivity index (χ1n) is 7.06. The second kappa shape index (κ2) is 6.04. The molecule has 0 amide bonds. The van der Waals surface area contributed by atoms with E-state index in [4.69, 9.17) is 5.73 Å². The van der Waals surface area contributed by atoms with E-state index in [1.807, 2.05) is 13.8 Å². The van der Waals surface area contributed by atoms with Gasteiger partial charge in [0.1, 0.15) is 11.3 Å². The number of hydrogen-bond acceptors (Lipinski definition) is 4. The average molecular weight is 279 g/mol. The largest absolute Gasteiger partial charge is 0.336 e. The van der Waals surface area contributed by atoms with Crippen LogP contribution in [-0.2, 0) is 19.5 Å². The van der Waals surface area contributed by atoms with Crippen molar-refractivity contribution >= 4 is 11.2 Å². The van der Waals surface area contributed by atoms with E-state index >= 15 is 0 Å². The second-order valence-electron chi connectivity index (χ2n) is 4.81. The van der Waals surface area contributed by atoms with Gasteiger partial charge in [-0.2, -0.15) is 0 Å². The fourth-order valence-corrected chi connectivity index (χ4v) is 2.32. The number of nitrogens with one attached hydrogen (secondary N) is 1. The lowest BCUT2D eigenvalue weighted by Gasteiger charge is -2.09. The molecule has 0 unspecified atom stereocenters. The Bertz CT molecular complexity index is 710. The van der Waals surface area contributed by atoms with E-state index in [1.165, 1.54) is 4.57 Å². The number of aromatic amines is 1. The summed E-state index contributed by atoms with van der Waals surface area (Å²) in [6.07, 6.45) is 2.09. The number of imidazole rings is 1. The standard InChI is InChI=1S/C13H21N5O2/c1-3-7-17-11-10(15-9(16-11)5-6-14)12(19)18(8-4-2)13(17)20/h3-8,14H2,1-2H3,(H,15,16). The Labute approximate surface area is 116 Å². The zero-order chi connectivity index (χ0) is 14.7. The van der Waals surface area contributed by atoms with Crippen molar-refractivity contribution in [1.29, 1.82) is 0 Å². The first-order chi connectivity index (χ1) is 9.63. The summed E-state index contributed by atoms with van der Waals surface area (Å²) < 4.78 is 2.85. The first-order valence-corrected chi connectivity index (χ1v) is 7.06. The normalized spacial score (nSPS) is 11.3. The SMILES string of the molecule is CCCn1c(=O)c2[nH]c(CCN)nc2n(CCC)c1=O. The average Bonchev–Trinajstić information content (AvgIpc) is 2.84. The number of aromatic nitrogens is 4. The fraction of sp³-hybridized carbons (Fsp3) is 0.615. The van der Waals surface area contributed by atoms with Gasteiger partial charge in [0.25, 0.3) is 5.56 Å². The maximum absolute atomic E-state index is 12.4. The topological polar surface area (TPSA) is 98.7 Å². The summed E-state index contributed by atoms with van der Waals surface area (Å²) >= 11 is 0. The van der Waals surface area contributed by atoms with Crippen molar-refractivity contribution in [2.45, 2.75) is 46.2 Å². The molecule has 0 aliphatic rings. The van der Waals surface area contributed by atoms with Gasteiger partial charge in [0.15, 0.2) is 5.65 Å². The third kappa shape index (κ3) is 2.40. The van der Waals surface area contributed by atoms with Crippen LogP contribution in [0.2, 0.25) is 0 Å². The van der Waals surface area contributed by atoms with Crippen LogP contribution in [0.15, 0.2) is 9.59 Å². The van der Waals surface area contributed by atoms with Gasteiger partial charge < -0.3 is 10.7 Å². The van der Waals surface area contributed by atoms with Crippen molar-refractivity contribution in [2.24, 2.45) is 5.73 Å². The summed E-state index contributed by atoms with van der Waals surface area (Å²) in [5.74, 6) is 0.651. The molecule has 2 heterocycles.